The molecule has 26 heavy (non-hydrogen) atoms. The molecule has 3 aromatic rings. The van der Waals surface area contributed by atoms with Crippen molar-refractivity contribution in [1.82, 2.24) is 15.1 Å². The highest BCUT2D eigenvalue weighted by Crippen LogP contribution is 2.30. The number of benzene rings is 1. The fraction of sp³-hybridized carbons (Fsp3) is 0.278. The summed E-state index contributed by atoms with van der Waals surface area (Å²) in [5.41, 5.74) is 0.337. The molecule has 1 aliphatic heterocycles. The van der Waals surface area contributed by atoms with Crippen LogP contribution in [-0.2, 0) is 0 Å². The smallest absolute Gasteiger partial charge is 0.259 e. The Morgan fingerprint density at radius 1 is 1.23 bits per heavy atom. The molecule has 3 heterocycles. The summed E-state index contributed by atoms with van der Waals surface area (Å²) >= 11 is 1.53. The Kier molecular flexibility index (Phi) is 4.50. The molecule has 0 saturated carbocycles. The number of carbonyl (C=O) groups excluding carboxylic acids is 1. The Bertz CT molecular complexity index is 906. The Labute approximate surface area is 152 Å². The molecule has 4 rings (SSSR count). The van der Waals surface area contributed by atoms with Crippen molar-refractivity contribution in [2.45, 2.75) is 18.8 Å². The Morgan fingerprint density at radius 2 is 2.04 bits per heavy atom. The average molecular weight is 375 g/mol. The predicted octanol–water partition coefficient (Wildman–Crippen LogP) is 4.10. The zero-order valence-electron chi connectivity index (χ0n) is 13.7. The van der Waals surface area contributed by atoms with E-state index in [2.05, 4.69) is 10.2 Å². The number of hydrogen-bond acceptors (Lipinski definition) is 5. The number of carbonyl (C=O) groups is 1. The predicted molar refractivity (Wildman–Crippen MR) is 91.8 cm³/mol. The maximum Gasteiger partial charge on any atom is 0.259 e. The van der Waals surface area contributed by atoms with Gasteiger partial charge >= 0.3 is 0 Å². The third-order valence-electron chi connectivity index (χ3n) is 4.44. The molecule has 0 spiro atoms. The van der Waals surface area contributed by atoms with Crippen molar-refractivity contribution in [3.63, 3.8) is 0 Å². The second-order valence-corrected chi connectivity index (χ2v) is 6.92. The van der Waals surface area contributed by atoms with Gasteiger partial charge in [0, 0.05) is 24.0 Å². The van der Waals surface area contributed by atoms with Gasteiger partial charge in [-0.05, 0) is 36.4 Å². The number of piperidine rings is 1. The zero-order valence-corrected chi connectivity index (χ0v) is 14.5. The minimum atomic E-state index is -0.852. The minimum Gasteiger partial charge on any atom is -0.420 e. The second kappa shape index (κ2) is 6.95. The van der Waals surface area contributed by atoms with Crippen molar-refractivity contribution in [2.75, 3.05) is 13.1 Å². The molecule has 1 amide bonds. The molecule has 1 fully saturated rings. The third-order valence-corrected chi connectivity index (χ3v) is 5.13. The lowest BCUT2D eigenvalue weighted by Gasteiger charge is -2.31. The number of aromatic nitrogens is 2. The first-order chi connectivity index (χ1) is 12.6. The van der Waals surface area contributed by atoms with Crippen LogP contribution in [0.4, 0.5) is 8.78 Å². The molecule has 134 valence electrons. The summed E-state index contributed by atoms with van der Waals surface area (Å²) in [6, 6.07) is 5.30. The summed E-state index contributed by atoms with van der Waals surface area (Å²) in [5.74, 6) is -1.63. The molecule has 1 atom stereocenters. The highest BCUT2D eigenvalue weighted by Gasteiger charge is 2.31. The van der Waals surface area contributed by atoms with Gasteiger partial charge in [-0.2, -0.15) is 11.3 Å². The summed E-state index contributed by atoms with van der Waals surface area (Å²) in [7, 11) is 0. The van der Waals surface area contributed by atoms with Crippen LogP contribution in [-0.4, -0.2) is 34.1 Å². The molecular weight excluding hydrogens is 360 g/mol. The van der Waals surface area contributed by atoms with Crippen molar-refractivity contribution >= 4 is 17.2 Å². The topological polar surface area (TPSA) is 59.2 Å². The normalized spacial score (nSPS) is 17.5. The number of halogens is 2. The van der Waals surface area contributed by atoms with Crippen molar-refractivity contribution in [3.8, 4) is 11.5 Å². The summed E-state index contributed by atoms with van der Waals surface area (Å²) in [6.45, 7) is 0.729. The first-order valence-electron chi connectivity index (χ1n) is 8.22. The highest BCUT2D eigenvalue weighted by atomic mass is 32.1. The van der Waals surface area contributed by atoms with Gasteiger partial charge in [0.05, 0.1) is 5.92 Å². The van der Waals surface area contributed by atoms with Gasteiger partial charge in [0.15, 0.2) is 0 Å². The third kappa shape index (κ3) is 3.12. The first-order valence-corrected chi connectivity index (χ1v) is 9.17. The van der Waals surface area contributed by atoms with Crippen LogP contribution in [0.3, 0.4) is 0 Å². The SMILES string of the molecule is O=C(c1c(F)cccc1F)N1CCC[C@H](c2nnc(-c3ccsc3)o2)C1. The van der Waals surface area contributed by atoms with Gasteiger partial charge in [-0.1, -0.05) is 6.07 Å². The highest BCUT2D eigenvalue weighted by molar-refractivity contribution is 7.08. The number of thiophene rings is 1. The Balaban J connectivity index is 1.54. The van der Waals surface area contributed by atoms with Crippen LogP contribution in [0.1, 0.15) is 35.0 Å². The van der Waals surface area contributed by atoms with E-state index in [1.54, 1.807) is 0 Å². The second-order valence-electron chi connectivity index (χ2n) is 6.14. The number of nitrogens with zero attached hydrogens (tertiary/aromatic N) is 3. The summed E-state index contributed by atoms with van der Waals surface area (Å²) < 4.78 is 33.6. The van der Waals surface area contributed by atoms with E-state index in [9.17, 15) is 13.6 Å². The van der Waals surface area contributed by atoms with Gasteiger partial charge in [0.1, 0.15) is 17.2 Å². The number of rotatable bonds is 3. The van der Waals surface area contributed by atoms with Crippen LogP contribution in [0.5, 0.6) is 0 Å². The molecule has 2 aromatic heterocycles. The van der Waals surface area contributed by atoms with Crippen LogP contribution in [0.15, 0.2) is 39.4 Å². The van der Waals surface area contributed by atoms with E-state index in [-0.39, 0.29) is 12.5 Å². The number of hydrogen-bond donors (Lipinski definition) is 0. The Hall–Kier alpha value is -2.61. The molecule has 1 aromatic carbocycles. The molecule has 8 heteroatoms. The molecule has 0 radical (unpaired) electrons. The average Bonchev–Trinajstić information content (AvgIpc) is 3.33. The molecular formula is C18H15F2N3O2S. The van der Waals surface area contributed by atoms with Crippen molar-refractivity contribution in [3.05, 3.63) is 58.1 Å². The molecule has 0 N–H and O–H groups in total. The Morgan fingerprint density at radius 3 is 2.77 bits per heavy atom. The van der Waals surface area contributed by atoms with Crippen LogP contribution in [0, 0.1) is 11.6 Å². The van der Waals surface area contributed by atoms with E-state index in [1.807, 2.05) is 16.8 Å². The first kappa shape index (κ1) is 16.8. The van der Waals surface area contributed by atoms with E-state index in [0.717, 1.165) is 24.1 Å². The number of amides is 1. The van der Waals surface area contributed by atoms with E-state index >= 15 is 0 Å². The molecule has 0 aliphatic carbocycles. The van der Waals surface area contributed by atoms with Crippen LogP contribution in [0.25, 0.3) is 11.5 Å². The fourth-order valence-corrected chi connectivity index (χ4v) is 3.76. The van der Waals surface area contributed by atoms with Gasteiger partial charge in [0.2, 0.25) is 11.8 Å². The summed E-state index contributed by atoms with van der Waals surface area (Å²) in [4.78, 5) is 14.0. The van der Waals surface area contributed by atoms with Crippen molar-refractivity contribution < 1.29 is 18.0 Å². The molecule has 0 bridgehead atoms. The lowest BCUT2D eigenvalue weighted by molar-refractivity contribution is 0.0688. The van der Waals surface area contributed by atoms with E-state index < -0.39 is 23.1 Å². The minimum absolute atomic E-state index is 0.151. The molecule has 5 nitrogen and oxygen atoms in total. The lowest BCUT2D eigenvalue weighted by Crippen LogP contribution is -2.40. The fourth-order valence-electron chi connectivity index (χ4n) is 3.13. The number of likely N-dealkylation sites (tertiary alicyclic amines) is 1. The van der Waals surface area contributed by atoms with Gasteiger partial charge in [-0.25, -0.2) is 8.78 Å². The van der Waals surface area contributed by atoms with E-state index in [0.29, 0.717) is 24.7 Å². The quantitative estimate of drug-likeness (QED) is 0.692. The maximum atomic E-state index is 13.9. The van der Waals surface area contributed by atoms with Gasteiger partial charge < -0.3 is 9.32 Å². The van der Waals surface area contributed by atoms with Gasteiger partial charge in [0.25, 0.3) is 5.91 Å². The van der Waals surface area contributed by atoms with Crippen LogP contribution < -0.4 is 0 Å². The zero-order chi connectivity index (χ0) is 18.1. The van der Waals surface area contributed by atoms with Crippen LogP contribution in [0.2, 0.25) is 0 Å². The lowest BCUT2D eigenvalue weighted by atomic mass is 9.97. The van der Waals surface area contributed by atoms with Gasteiger partial charge in [-0.3, -0.25) is 4.79 Å². The van der Waals surface area contributed by atoms with Crippen LogP contribution >= 0.6 is 11.3 Å². The summed E-state index contributed by atoms with van der Waals surface area (Å²) in [5, 5.41) is 12.0. The summed E-state index contributed by atoms with van der Waals surface area (Å²) in [6.07, 6.45) is 1.47. The monoisotopic (exact) mass is 375 g/mol. The van der Waals surface area contributed by atoms with E-state index in [1.165, 1.54) is 22.3 Å². The molecule has 1 saturated heterocycles. The van der Waals surface area contributed by atoms with Crippen molar-refractivity contribution in [1.29, 1.82) is 0 Å². The largest absolute Gasteiger partial charge is 0.420 e. The van der Waals surface area contributed by atoms with Gasteiger partial charge in [-0.15, -0.1) is 10.2 Å². The van der Waals surface area contributed by atoms with Crippen molar-refractivity contribution in [2.24, 2.45) is 0 Å². The molecule has 0 unspecified atom stereocenters. The molecule has 1 aliphatic rings. The van der Waals surface area contributed by atoms with E-state index in [4.69, 9.17) is 4.42 Å². The maximum absolute atomic E-state index is 13.9. The standard InChI is InChI=1S/C18H15F2N3O2S/c19-13-4-1-5-14(20)15(13)18(24)23-7-2-3-11(9-23)16-21-22-17(25-16)12-6-8-26-10-12/h1,4-6,8,10-11H,2-3,7,9H2/t11-/m0/s1.